The van der Waals surface area contributed by atoms with Crippen LogP contribution in [0, 0.1) is 0 Å². The van der Waals surface area contributed by atoms with Gasteiger partial charge in [-0.15, -0.1) is 0 Å². The molecule has 2 aromatic rings. The fraction of sp³-hybridized carbons (Fsp3) is 0.333. The molecular weight excluding hydrogens is 318 g/mol. The predicted molar refractivity (Wildman–Crippen MR) is 82.9 cm³/mol. The van der Waals surface area contributed by atoms with Crippen LogP contribution >= 0.6 is 15.9 Å². The molecule has 0 saturated heterocycles. The summed E-state index contributed by atoms with van der Waals surface area (Å²) in [5, 5.41) is 4.26. The van der Waals surface area contributed by atoms with E-state index in [0.29, 0.717) is 24.2 Å². The highest BCUT2D eigenvalue weighted by atomic mass is 79.9. The van der Waals surface area contributed by atoms with E-state index in [9.17, 15) is 4.79 Å². The second-order valence-electron chi connectivity index (χ2n) is 4.90. The topological polar surface area (TPSA) is 60.9 Å². The lowest BCUT2D eigenvalue weighted by Gasteiger charge is -2.12. The van der Waals surface area contributed by atoms with E-state index in [1.54, 1.807) is 10.9 Å². The Morgan fingerprint density at radius 1 is 1.40 bits per heavy atom. The summed E-state index contributed by atoms with van der Waals surface area (Å²) in [6, 6.07) is 7.72. The zero-order valence-corrected chi connectivity index (χ0v) is 13.2. The van der Waals surface area contributed by atoms with Crippen LogP contribution in [0.5, 0.6) is 0 Å². The molecule has 0 amide bonds. The number of hydrogen-bond acceptors (Lipinski definition) is 3. The lowest BCUT2D eigenvalue weighted by atomic mass is 9.99. The highest BCUT2D eigenvalue weighted by Crippen LogP contribution is 2.24. The summed E-state index contributed by atoms with van der Waals surface area (Å²) in [4.78, 5) is 12.8. The highest BCUT2D eigenvalue weighted by Gasteiger charge is 2.22. The number of nitrogens with two attached hydrogens (primary N) is 1. The summed E-state index contributed by atoms with van der Waals surface area (Å²) in [6.45, 7) is 4.53. The Hall–Kier alpha value is -1.46. The number of hydrogen-bond donors (Lipinski definition) is 1. The van der Waals surface area contributed by atoms with Crippen LogP contribution in [0.2, 0.25) is 0 Å². The van der Waals surface area contributed by atoms with Gasteiger partial charge in [0.15, 0.2) is 0 Å². The lowest BCUT2D eigenvalue weighted by Crippen LogP contribution is -2.16. The van der Waals surface area contributed by atoms with E-state index < -0.39 is 0 Å². The van der Waals surface area contributed by atoms with E-state index in [1.165, 1.54) is 0 Å². The first-order chi connectivity index (χ1) is 9.56. The van der Waals surface area contributed by atoms with Crippen LogP contribution < -0.4 is 5.73 Å². The first kappa shape index (κ1) is 14.9. The van der Waals surface area contributed by atoms with Crippen molar-refractivity contribution in [3.8, 4) is 0 Å². The van der Waals surface area contributed by atoms with Crippen molar-refractivity contribution in [2.75, 3.05) is 6.54 Å². The van der Waals surface area contributed by atoms with Crippen molar-refractivity contribution < 1.29 is 4.79 Å². The summed E-state index contributed by atoms with van der Waals surface area (Å²) in [7, 11) is 0. The SMILES string of the molecule is CC(C)n1ncc(Br)c1C(=O)c1ccccc1CCN. The third-order valence-corrected chi connectivity index (χ3v) is 3.71. The maximum atomic E-state index is 12.8. The van der Waals surface area contributed by atoms with Gasteiger partial charge in [0.05, 0.1) is 10.7 Å². The van der Waals surface area contributed by atoms with Crippen molar-refractivity contribution in [1.29, 1.82) is 0 Å². The van der Waals surface area contributed by atoms with Gasteiger partial charge in [-0.2, -0.15) is 5.10 Å². The number of ketones is 1. The van der Waals surface area contributed by atoms with Gasteiger partial charge < -0.3 is 5.73 Å². The molecule has 1 aromatic carbocycles. The molecule has 5 heteroatoms. The van der Waals surface area contributed by atoms with Crippen LogP contribution in [-0.4, -0.2) is 22.1 Å². The van der Waals surface area contributed by atoms with Gasteiger partial charge >= 0.3 is 0 Å². The molecule has 0 bridgehead atoms. The van der Waals surface area contributed by atoms with E-state index in [2.05, 4.69) is 21.0 Å². The molecular formula is C15H18BrN3O. The first-order valence-electron chi connectivity index (χ1n) is 6.62. The van der Waals surface area contributed by atoms with E-state index in [0.717, 1.165) is 10.0 Å². The molecule has 2 rings (SSSR count). The van der Waals surface area contributed by atoms with Gasteiger partial charge in [-0.25, -0.2) is 0 Å². The number of halogens is 1. The van der Waals surface area contributed by atoms with Crippen LogP contribution in [0.15, 0.2) is 34.9 Å². The zero-order chi connectivity index (χ0) is 14.7. The monoisotopic (exact) mass is 335 g/mol. The van der Waals surface area contributed by atoms with Crippen molar-refractivity contribution in [3.05, 3.63) is 51.8 Å². The fourth-order valence-electron chi connectivity index (χ4n) is 2.19. The Morgan fingerprint density at radius 2 is 2.10 bits per heavy atom. The number of nitrogens with zero attached hydrogens (tertiary/aromatic N) is 2. The largest absolute Gasteiger partial charge is 0.330 e. The third-order valence-electron chi connectivity index (χ3n) is 3.13. The standard InChI is InChI=1S/C15H18BrN3O/c1-10(2)19-14(13(16)9-18-19)15(20)12-6-4-3-5-11(12)7-8-17/h3-6,9-10H,7-8,17H2,1-2H3. The fourth-order valence-corrected chi connectivity index (χ4v) is 2.64. The van der Waals surface area contributed by atoms with Gasteiger partial charge in [0.1, 0.15) is 5.69 Å². The van der Waals surface area contributed by atoms with Gasteiger partial charge in [0, 0.05) is 11.6 Å². The quantitative estimate of drug-likeness (QED) is 0.854. The summed E-state index contributed by atoms with van der Waals surface area (Å²) in [6.07, 6.45) is 2.36. The van der Waals surface area contributed by atoms with Gasteiger partial charge in [-0.1, -0.05) is 24.3 Å². The number of carbonyl (C=O) groups excluding carboxylic acids is 1. The lowest BCUT2D eigenvalue weighted by molar-refractivity contribution is 0.102. The average molecular weight is 336 g/mol. The molecule has 0 aliphatic rings. The molecule has 0 aliphatic heterocycles. The van der Waals surface area contributed by atoms with E-state index in [-0.39, 0.29) is 11.8 Å². The minimum absolute atomic E-state index is 0.0212. The van der Waals surface area contributed by atoms with Crippen LogP contribution in [0.3, 0.4) is 0 Å². The van der Waals surface area contributed by atoms with Gasteiger partial charge in [-0.3, -0.25) is 9.48 Å². The molecule has 20 heavy (non-hydrogen) atoms. The maximum absolute atomic E-state index is 12.8. The van der Waals surface area contributed by atoms with Crippen molar-refractivity contribution in [3.63, 3.8) is 0 Å². The molecule has 4 nitrogen and oxygen atoms in total. The van der Waals surface area contributed by atoms with Crippen LogP contribution in [-0.2, 0) is 6.42 Å². The van der Waals surface area contributed by atoms with Crippen molar-refractivity contribution >= 4 is 21.7 Å². The molecule has 106 valence electrons. The molecule has 1 heterocycles. The summed E-state index contributed by atoms with van der Waals surface area (Å²) < 4.78 is 2.46. The smallest absolute Gasteiger partial charge is 0.212 e. The summed E-state index contributed by atoms with van der Waals surface area (Å²) in [5.41, 5.74) is 7.88. The van der Waals surface area contributed by atoms with Crippen LogP contribution in [0.4, 0.5) is 0 Å². The molecule has 0 atom stereocenters. The molecule has 0 radical (unpaired) electrons. The molecule has 0 unspecified atom stereocenters. The first-order valence-corrected chi connectivity index (χ1v) is 7.41. The highest BCUT2D eigenvalue weighted by molar-refractivity contribution is 9.10. The van der Waals surface area contributed by atoms with Crippen molar-refractivity contribution in [2.24, 2.45) is 5.73 Å². The minimum Gasteiger partial charge on any atom is -0.330 e. The van der Waals surface area contributed by atoms with Gasteiger partial charge in [0.2, 0.25) is 5.78 Å². The molecule has 0 fully saturated rings. The molecule has 0 spiro atoms. The number of carbonyl (C=O) groups is 1. The van der Waals surface area contributed by atoms with Crippen LogP contribution in [0.1, 0.15) is 41.5 Å². The Bertz CT molecular complexity index is 619. The normalized spacial score (nSPS) is 11.1. The summed E-state index contributed by atoms with van der Waals surface area (Å²) >= 11 is 3.42. The Labute approximate surface area is 127 Å². The van der Waals surface area contributed by atoms with Crippen LogP contribution in [0.25, 0.3) is 0 Å². The van der Waals surface area contributed by atoms with Gasteiger partial charge in [0.25, 0.3) is 0 Å². The molecule has 0 saturated carbocycles. The Morgan fingerprint density at radius 3 is 2.75 bits per heavy atom. The zero-order valence-electron chi connectivity index (χ0n) is 11.6. The Kier molecular flexibility index (Phi) is 4.73. The second kappa shape index (κ2) is 6.33. The number of rotatable bonds is 5. The third kappa shape index (κ3) is 2.83. The van der Waals surface area contributed by atoms with Gasteiger partial charge in [-0.05, 0) is 48.3 Å². The molecule has 1 aromatic heterocycles. The number of benzene rings is 1. The Balaban J connectivity index is 2.49. The summed E-state index contributed by atoms with van der Waals surface area (Å²) in [5.74, 6) is -0.0212. The number of aromatic nitrogens is 2. The second-order valence-corrected chi connectivity index (χ2v) is 5.76. The van der Waals surface area contributed by atoms with E-state index >= 15 is 0 Å². The average Bonchev–Trinajstić information content (AvgIpc) is 2.81. The predicted octanol–water partition coefficient (Wildman–Crippen LogP) is 2.96. The molecule has 0 aliphatic carbocycles. The molecule has 2 N–H and O–H groups in total. The van der Waals surface area contributed by atoms with Crippen molar-refractivity contribution in [2.45, 2.75) is 26.3 Å². The maximum Gasteiger partial charge on any atom is 0.212 e. The van der Waals surface area contributed by atoms with E-state index in [4.69, 9.17) is 5.73 Å². The van der Waals surface area contributed by atoms with E-state index in [1.807, 2.05) is 38.1 Å². The van der Waals surface area contributed by atoms with Crippen molar-refractivity contribution in [1.82, 2.24) is 9.78 Å². The minimum atomic E-state index is -0.0212.